The highest BCUT2D eigenvalue weighted by Gasteiger charge is 2.24. The molecular formula is C15H22FN. The molecule has 94 valence electrons. The van der Waals surface area contributed by atoms with Gasteiger partial charge in [0.15, 0.2) is 0 Å². The highest BCUT2D eigenvalue weighted by Crippen LogP contribution is 2.35. The molecule has 0 amide bonds. The minimum atomic E-state index is -0.0906. The number of halogens is 1. The van der Waals surface area contributed by atoms with Crippen molar-refractivity contribution in [3.8, 4) is 0 Å². The summed E-state index contributed by atoms with van der Waals surface area (Å²) in [5.41, 5.74) is 6.71. The summed E-state index contributed by atoms with van der Waals surface area (Å²) >= 11 is 0. The van der Waals surface area contributed by atoms with Crippen molar-refractivity contribution in [2.75, 3.05) is 6.54 Å². The van der Waals surface area contributed by atoms with Gasteiger partial charge in [0.2, 0.25) is 0 Å². The zero-order valence-corrected chi connectivity index (χ0v) is 10.4. The van der Waals surface area contributed by atoms with Gasteiger partial charge in [-0.25, -0.2) is 4.39 Å². The summed E-state index contributed by atoms with van der Waals surface area (Å²) in [4.78, 5) is 0. The van der Waals surface area contributed by atoms with E-state index in [2.05, 4.69) is 0 Å². The van der Waals surface area contributed by atoms with Crippen LogP contribution in [0.15, 0.2) is 24.3 Å². The summed E-state index contributed by atoms with van der Waals surface area (Å²) in [5, 5.41) is 0. The lowest BCUT2D eigenvalue weighted by Gasteiger charge is -2.25. The molecule has 1 unspecified atom stereocenters. The van der Waals surface area contributed by atoms with Crippen molar-refractivity contribution in [2.45, 2.75) is 44.4 Å². The summed E-state index contributed by atoms with van der Waals surface area (Å²) < 4.78 is 13.8. The van der Waals surface area contributed by atoms with Gasteiger partial charge in [-0.15, -0.1) is 0 Å². The van der Waals surface area contributed by atoms with Crippen LogP contribution < -0.4 is 5.73 Å². The van der Waals surface area contributed by atoms with E-state index in [1.165, 1.54) is 38.5 Å². The van der Waals surface area contributed by atoms with Crippen molar-refractivity contribution in [1.29, 1.82) is 0 Å². The average Bonchev–Trinajstić information content (AvgIpc) is 2.62. The largest absolute Gasteiger partial charge is 0.330 e. The van der Waals surface area contributed by atoms with E-state index >= 15 is 0 Å². The molecule has 0 radical (unpaired) electrons. The molecule has 0 heterocycles. The van der Waals surface area contributed by atoms with Gasteiger partial charge in [0.25, 0.3) is 0 Å². The number of benzene rings is 1. The lowest BCUT2D eigenvalue weighted by Crippen LogP contribution is -2.22. The minimum absolute atomic E-state index is 0.0906. The number of nitrogens with two attached hydrogens (primary N) is 1. The standard InChI is InChI=1S/C15H22FN/c16-15-10-6-5-9-13(15)14(11-17)12-7-3-1-2-4-8-12/h5-6,9-10,12,14H,1-4,7-8,11,17H2. The Kier molecular flexibility index (Phi) is 4.55. The Hall–Kier alpha value is -0.890. The second-order valence-electron chi connectivity index (χ2n) is 5.12. The van der Waals surface area contributed by atoms with Crippen LogP contribution in [0.4, 0.5) is 4.39 Å². The monoisotopic (exact) mass is 235 g/mol. The molecule has 2 rings (SSSR count). The summed E-state index contributed by atoms with van der Waals surface area (Å²) in [6.07, 6.45) is 7.60. The zero-order valence-electron chi connectivity index (χ0n) is 10.4. The van der Waals surface area contributed by atoms with Crippen molar-refractivity contribution >= 4 is 0 Å². The van der Waals surface area contributed by atoms with Gasteiger partial charge >= 0.3 is 0 Å². The van der Waals surface area contributed by atoms with Crippen LogP contribution in [-0.2, 0) is 0 Å². The van der Waals surface area contributed by atoms with Crippen LogP contribution in [0, 0.1) is 11.7 Å². The smallest absolute Gasteiger partial charge is 0.126 e. The first-order valence-corrected chi connectivity index (χ1v) is 6.77. The Morgan fingerprint density at radius 3 is 2.35 bits per heavy atom. The third kappa shape index (κ3) is 3.06. The summed E-state index contributed by atoms with van der Waals surface area (Å²) in [6, 6.07) is 7.11. The highest BCUT2D eigenvalue weighted by atomic mass is 19.1. The van der Waals surface area contributed by atoms with E-state index in [4.69, 9.17) is 5.73 Å². The van der Waals surface area contributed by atoms with Gasteiger partial charge in [0.1, 0.15) is 5.82 Å². The van der Waals surface area contributed by atoms with Crippen LogP contribution in [0.5, 0.6) is 0 Å². The van der Waals surface area contributed by atoms with Gasteiger partial charge in [-0.05, 0) is 36.9 Å². The van der Waals surface area contributed by atoms with E-state index < -0.39 is 0 Å². The minimum Gasteiger partial charge on any atom is -0.330 e. The first kappa shape index (κ1) is 12.6. The number of hydrogen-bond acceptors (Lipinski definition) is 1. The fraction of sp³-hybridized carbons (Fsp3) is 0.600. The Balaban J connectivity index is 2.17. The lowest BCUT2D eigenvalue weighted by atomic mass is 9.81. The Morgan fingerprint density at radius 2 is 1.76 bits per heavy atom. The van der Waals surface area contributed by atoms with Gasteiger partial charge in [0, 0.05) is 5.92 Å². The highest BCUT2D eigenvalue weighted by molar-refractivity contribution is 5.23. The molecule has 17 heavy (non-hydrogen) atoms. The molecule has 0 aliphatic heterocycles. The Bertz CT molecular complexity index is 343. The first-order chi connectivity index (χ1) is 8.33. The van der Waals surface area contributed by atoms with Gasteiger partial charge in [0.05, 0.1) is 0 Å². The molecule has 1 aliphatic carbocycles. The predicted octanol–water partition coefficient (Wildman–Crippen LogP) is 3.84. The quantitative estimate of drug-likeness (QED) is 0.791. The molecule has 0 aromatic heterocycles. The maximum Gasteiger partial charge on any atom is 0.126 e. The van der Waals surface area contributed by atoms with Crippen LogP contribution in [0.25, 0.3) is 0 Å². The van der Waals surface area contributed by atoms with Crippen LogP contribution in [0.3, 0.4) is 0 Å². The summed E-state index contributed by atoms with van der Waals surface area (Å²) in [7, 11) is 0. The van der Waals surface area contributed by atoms with Gasteiger partial charge < -0.3 is 5.73 Å². The molecule has 2 N–H and O–H groups in total. The van der Waals surface area contributed by atoms with Crippen molar-refractivity contribution in [3.05, 3.63) is 35.6 Å². The third-order valence-corrected chi connectivity index (χ3v) is 4.03. The average molecular weight is 235 g/mol. The predicted molar refractivity (Wildman–Crippen MR) is 69.4 cm³/mol. The van der Waals surface area contributed by atoms with Crippen LogP contribution in [-0.4, -0.2) is 6.54 Å². The Morgan fingerprint density at radius 1 is 1.12 bits per heavy atom. The van der Waals surface area contributed by atoms with E-state index in [1.54, 1.807) is 12.1 Å². The molecule has 1 aliphatic rings. The van der Waals surface area contributed by atoms with Crippen molar-refractivity contribution in [2.24, 2.45) is 11.7 Å². The molecule has 0 spiro atoms. The topological polar surface area (TPSA) is 26.0 Å². The molecular weight excluding hydrogens is 213 g/mol. The van der Waals surface area contributed by atoms with Crippen molar-refractivity contribution in [1.82, 2.24) is 0 Å². The molecule has 0 bridgehead atoms. The number of rotatable bonds is 3. The third-order valence-electron chi connectivity index (χ3n) is 4.03. The maximum atomic E-state index is 13.8. The molecule has 1 aromatic rings. The molecule has 2 heteroatoms. The summed E-state index contributed by atoms with van der Waals surface area (Å²) in [6.45, 7) is 0.561. The molecule has 1 aromatic carbocycles. The molecule has 1 fully saturated rings. The fourth-order valence-corrected chi connectivity index (χ4v) is 3.06. The second kappa shape index (κ2) is 6.15. The summed E-state index contributed by atoms with van der Waals surface area (Å²) in [5.74, 6) is 0.681. The van der Waals surface area contributed by atoms with E-state index in [0.29, 0.717) is 12.5 Å². The second-order valence-corrected chi connectivity index (χ2v) is 5.12. The SMILES string of the molecule is NCC(c1ccccc1F)C1CCCCCC1. The first-order valence-electron chi connectivity index (χ1n) is 6.77. The maximum absolute atomic E-state index is 13.8. The van der Waals surface area contributed by atoms with Gasteiger partial charge in [-0.1, -0.05) is 43.9 Å². The van der Waals surface area contributed by atoms with Gasteiger partial charge in [-0.2, -0.15) is 0 Å². The Labute approximate surface area is 103 Å². The van der Waals surface area contributed by atoms with E-state index in [0.717, 1.165) is 5.56 Å². The lowest BCUT2D eigenvalue weighted by molar-refractivity contribution is 0.371. The van der Waals surface area contributed by atoms with Crippen LogP contribution in [0.2, 0.25) is 0 Å². The zero-order chi connectivity index (χ0) is 12.1. The van der Waals surface area contributed by atoms with E-state index in [9.17, 15) is 4.39 Å². The van der Waals surface area contributed by atoms with Crippen LogP contribution >= 0.6 is 0 Å². The fourth-order valence-electron chi connectivity index (χ4n) is 3.06. The molecule has 1 saturated carbocycles. The van der Waals surface area contributed by atoms with E-state index in [-0.39, 0.29) is 11.7 Å². The molecule has 1 atom stereocenters. The van der Waals surface area contributed by atoms with Gasteiger partial charge in [-0.3, -0.25) is 0 Å². The van der Waals surface area contributed by atoms with Crippen molar-refractivity contribution < 1.29 is 4.39 Å². The molecule has 0 saturated heterocycles. The van der Waals surface area contributed by atoms with Crippen LogP contribution in [0.1, 0.15) is 50.0 Å². The number of hydrogen-bond donors (Lipinski definition) is 1. The van der Waals surface area contributed by atoms with E-state index in [1.807, 2.05) is 12.1 Å². The van der Waals surface area contributed by atoms with Crippen molar-refractivity contribution in [3.63, 3.8) is 0 Å². The molecule has 1 nitrogen and oxygen atoms in total. The normalized spacial score (nSPS) is 19.9.